The Kier molecular flexibility index (Phi) is 21.1. The summed E-state index contributed by atoms with van der Waals surface area (Å²) in [6.45, 7) is 12.2. The van der Waals surface area contributed by atoms with Gasteiger partial charge in [0.15, 0.2) is 0 Å². The highest BCUT2D eigenvalue weighted by Crippen LogP contribution is 2.37. The SMILES string of the molecule is CCCCCCCCCCCCCC[C@@H](C)[C@@H]1OC(=O)[C@H](CC(=O)NC2CC2)NC(=O)CN(C)C(=O)/C=C/C(CO[Si](c2ccccc2)(c2ccccc2)C(C)(C)C)NC(=O)[C@H]1C. The average Bonchev–Trinajstić information content (AvgIpc) is 4.08. The third-order valence-corrected chi connectivity index (χ3v) is 17.6. The molecule has 4 amide bonds. The van der Waals surface area contributed by atoms with E-state index < -0.39 is 50.2 Å². The molecule has 63 heavy (non-hydrogen) atoms. The molecule has 2 aromatic rings. The van der Waals surface area contributed by atoms with Gasteiger partial charge in [-0.1, -0.05) is 185 Å². The van der Waals surface area contributed by atoms with Gasteiger partial charge in [-0.15, -0.1) is 0 Å². The van der Waals surface area contributed by atoms with Gasteiger partial charge < -0.3 is 30.0 Å². The van der Waals surface area contributed by atoms with E-state index in [1.807, 2.05) is 43.3 Å². The Bertz CT molecular complexity index is 1720. The highest BCUT2D eigenvalue weighted by atomic mass is 28.4. The van der Waals surface area contributed by atoms with Gasteiger partial charge in [-0.25, -0.2) is 4.79 Å². The molecule has 5 atom stereocenters. The normalized spacial score (nSPS) is 21.7. The highest BCUT2D eigenvalue weighted by Gasteiger charge is 2.50. The molecule has 1 saturated carbocycles. The van der Waals surface area contributed by atoms with E-state index in [1.54, 1.807) is 13.0 Å². The molecule has 3 N–H and O–H groups in total. The number of cyclic esters (lactones) is 1. The first kappa shape index (κ1) is 51.3. The fourth-order valence-corrected chi connectivity index (χ4v) is 13.3. The molecular formula is C51H78N4O7Si. The number of hydrogen-bond acceptors (Lipinski definition) is 7. The average molecular weight is 887 g/mol. The topological polar surface area (TPSA) is 143 Å². The number of carbonyl (C=O) groups excluding carboxylic acids is 5. The number of nitrogens with one attached hydrogen (secondary N) is 3. The van der Waals surface area contributed by atoms with Crippen LogP contribution < -0.4 is 26.3 Å². The summed E-state index contributed by atoms with van der Waals surface area (Å²) in [5.74, 6) is -3.62. The monoisotopic (exact) mass is 887 g/mol. The quantitative estimate of drug-likeness (QED) is 0.0632. The molecule has 2 aromatic carbocycles. The van der Waals surface area contributed by atoms with Crippen LogP contribution in [0.1, 0.15) is 144 Å². The number of esters is 1. The minimum atomic E-state index is -3.04. The Morgan fingerprint density at radius 1 is 0.841 bits per heavy atom. The van der Waals surface area contributed by atoms with Crippen molar-refractivity contribution in [2.24, 2.45) is 11.8 Å². The molecule has 1 heterocycles. The largest absolute Gasteiger partial charge is 0.460 e. The van der Waals surface area contributed by atoms with Gasteiger partial charge in [0.2, 0.25) is 23.6 Å². The van der Waals surface area contributed by atoms with Crippen LogP contribution in [0.3, 0.4) is 0 Å². The number of unbranched alkanes of at least 4 members (excludes halogenated alkanes) is 11. The second-order valence-electron chi connectivity index (χ2n) is 19.2. The summed E-state index contributed by atoms with van der Waals surface area (Å²) in [7, 11) is -1.56. The number of hydrogen-bond donors (Lipinski definition) is 3. The number of carbonyl (C=O) groups is 5. The van der Waals surface area contributed by atoms with Crippen LogP contribution in [0.2, 0.25) is 5.04 Å². The zero-order valence-corrected chi connectivity index (χ0v) is 40.4. The molecule has 0 bridgehead atoms. The van der Waals surface area contributed by atoms with Crippen molar-refractivity contribution < 1.29 is 33.1 Å². The lowest BCUT2D eigenvalue weighted by atomic mass is 9.88. The highest BCUT2D eigenvalue weighted by molar-refractivity contribution is 6.99. The molecule has 1 aliphatic carbocycles. The molecule has 1 aliphatic heterocycles. The summed E-state index contributed by atoms with van der Waals surface area (Å²) in [6, 6.07) is 18.4. The minimum absolute atomic E-state index is 0.0523. The van der Waals surface area contributed by atoms with Crippen molar-refractivity contribution in [3.05, 3.63) is 72.8 Å². The lowest BCUT2D eigenvalue weighted by Gasteiger charge is -2.43. The zero-order chi connectivity index (χ0) is 45.8. The van der Waals surface area contributed by atoms with E-state index in [9.17, 15) is 24.0 Å². The van der Waals surface area contributed by atoms with Crippen LogP contribution >= 0.6 is 0 Å². The Labute approximate surface area is 379 Å². The first-order valence-electron chi connectivity index (χ1n) is 23.9. The minimum Gasteiger partial charge on any atom is -0.460 e. The summed E-state index contributed by atoms with van der Waals surface area (Å²) in [5.41, 5.74) is 0. The fraction of sp³-hybridized carbons (Fsp3) is 0.627. The zero-order valence-electron chi connectivity index (χ0n) is 39.4. The molecule has 0 radical (unpaired) electrons. The summed E-state index contributed by atoms with van der Waals surface area (Å²) in [4.78, 5) is 69.8. The van der Waals surface area contributed by atoms with Crippen molar-refractivity contribution in [1.29, 1.82) is 0 Å². The van der Waals surface area contributed by atoms with E-state index in [4.69, 9.17) is 9.16 Å². The van der Waals surface area contributed by atoms with Crippen LogP contribution in [0, 0.1) is 11.8 Å². The van der Waals surface area contributed by atoms with Gasteiger partial charge in [0.05, 0.1) is 31.5 Å². The Balaban J connectivity index is 1.58. The number of amides is 4. The Hall–Kier alpha value is -4.29. The molecule has 11 nitrogen and oxygen atoms in total. The number of benzene rings is 2. The number of nitrogens with zero attached hydrogens (tertiary/aromatic N) is 1. The summed E-state index contributed by atoms with van der Waals surface area (Å²) in [5, 5.41) is 10.5. The molecule has 1 unspecified atom stereocenters. The van der Waals surface area contributed by atoms with Crippen molar-refractivity contribution in [2.75, 3.05) is 20.2 Å². The van der Waals surface area contributed by atoms with E-state index in [0.717, 1.165) is 48.9 Å². The summed E-state index contributed by atoms with van der Waals surface area (Å²) < 4.78 is 13.5. The summed E-state index contributed by atoms with van der Waals surface area (Å²) >= 11 is 0. The van der Waals surface area contributed by atoms with Gasteiger partial charge in [0, 0.05) is 19.2 Å². The maximum Gasteiger partial charge on any atom is 0.329 e. The molecule has 0 saturated heterocycles. The van der Waals surface area contributed by atoms with Crippen molar-refractivity contribution in [3.8, 4) is 0 Å². The van der Waals surface area contributed by atoms with E-state index in [0.29, 0.717) is 0 Å². The van der Waals surface area contributed by atoms with Gasteiger partial charge in [-0.3, -0.25) is 19.2 Å². The second-order valence-corrected chi connectivity index (χ2v) is 23.5. The fourth-order valence-electron chi connectivity index (χ4n) is 8.74. The molecule has 1 fully saturated rings. The van der Waals surface area contributed by atoms with Gasteiger partial charge in [0.1, 0.15) is 12.1 Å². The van der Waals surface area contributed by atoms with Gasteiger partial charge in [-0.2, -0.15) is 0 Å². The molecule has 12 heteroatoms. The van der Waals surface area contributed by atoms with Crippen molar-refractivity contribution in [2.45, 2.75) is 174 Å². The van der Waals surface area contributed by atoms with E-state index in [-0.39, 0.29) is 48.4 Å². The molecule has 0 aromatic heterocycles. The third-order valence-electron chi connectivity index (χ3n) is 12.6. The van der Waals surface area contributed by atoms with Crippen LogP contribution in [0.25, 0.3) is 0 Å². The van der Waals surface area contributed by atoms with Crippen molar-refractivity contribution >= 4 is 48.3 Å². The Morgan fingerprint density at radius 3 is 1.90 bits per heavy atom. The van der Waals surface area contributed by atoms with Crippen molar-refractivity contribution in [1.82, 2.24) is 20.9 Å². The third kappa shape index (κ3) is 16.3. The standard InChI is InChI=1S/C51H78N4O7Si/c1-8-9-10-11-12-13-14-15-16-17-18-21-26-38(2)48-39(3)49(59)53-41(37-61-63(51(4,5)6,42-27-22-19-23-28-42)43-29-24-20-25-30-43)33-34-47(58)55(7)36-46(57)54-44(50(60)62-48)35-45(56)52-40-31-32-40/h19-20,22-25,27-30,33-34,38-41,44,48H,8-18,21,26,31-32,35-37H2,1-7H3,(H,52,56)(H,53,59)(H,54,57)/b34-33+/t38-,39+,41?,44+,48+/m1/s1. The Morgan fingerprint density at radius 2 is 1.38 bits per heavy atom. The first-order valence-corrected chi connectivity index (χ1v) is 25.8. The van der Waals surface area contributed by atoms with Crippen LogP contribution in [-0.4, -0.2) is 87.2 Å². The van der Waals surface area contributed by atoms with Crippen molar-refractivity contribution in [3.63, 3.8) is 0 Å². The van der Waals surface area contributed by atoms with Crippen LogP contribution in [0.5, 0.6) is 0 Å². The predicted octanol–water partition coefficient (Wildman–Crippen LogP) is 7.50. The lowest BCUT2D eigenvalue weighted by molar-refractivity contribution is -0.161. The van der Waals surface area contributed by atoms with Crippen LogP contribution in [0.15, 0.2) is 72.8 Å². The maximum atomic E-state index is 14.5. The van der Waals surface area contributed by atoms with Gasteiger partial charge in [0.25, 0.3) is 8.32 Å². The van der Waals surface area contributed by atoms with E-state index in [1.165, 1.54) is 75.8 Å². The molecule has 348 valence electrons. The molecule has 0 spiro atoms. The summed E-state index contributed by atoms with van der Waals surface area (Å²) in [6.07, 6.45) is 18.9. The molecular weight excluding hydrogens is 809 g/mol. The van der Waals surface area contributed by atoms with Gasteiger partial charge >= 0.3 is 5.97 Å². The number of rotatable bonds is 22. The first-order chi connectivity index (χ1) is 30.2. The van der Waals surface area contributed by atoms with E-state index >= 15 is 0 Å². The smallest absolute Gasteiger partial charge is 0.329 e. The lowest BCUT2D eigenvalue weighted by Crippen LogP contribution is -2.67. The predicted molar refractivity (Wildman–Crippen MR) is 254 cm³/mol. The number of likely N-dealkylation sites (N-methyl/N-ethyl adjacent to an activating group) is 1. The second kappa shape index (κ2) is 25.9. The van der Waals surface area contributed by atoms with Crippen LogP contribution in [0.4, 0.5) is 0 Å². The number of ether oxygens (including phenoxy) is 1. The molecule has 2 aliphatic rings. The van der Waals surface area contributed by atoms with Gasteiger partial charge in [-0.05, 0) is 40.6 Å². The van der Waals surface area contributed by atoms with Crippen LogP contribution in [-0.2, 0) is 33.1 Å². The molecule has 4 rings (SSSR count). The maximum absolute atomic E-state index is 14.5. The van der Waals surface area contributed by atoms with E-state index in [2.05, 4.69) is 67.9 Å².